The molecule has 20 heavy (non-hydrogen) atoms. The molecule has 1 aromatic heterocycles. The summed E-state index contributed by atoms with van der Waals surface area (Å²) in [5.74, 6) is 0.879. The van der Waals surface area contributed by atoms with E-state index < -0.39 is 0 Å². The van der Waals surface area contributed by atoms with Gasteiger partial charge >= 0.3 is 0 Å². The van der Waals surface area contributed by atoms with Crippen molar-refractivity contribution in [3.8, 4) is 5.75 Å². The van der Waals surface area contributed by atoms with Crippen molar-refractivity contribution in [2.45, 2.75) is 25.3 Å². The largest absolute Gasteiger partial charge is 0.497 e. The van der Waals surface area contributed by atoms with Crippen molar-refractivity contribution >= 4 is 27.3 Å². The lowest BCUT2D eigenvalue weighted by Crippen LogP contribution is -2.17. The summed E-state index contributed by atoms with van der Waals surface area (Å²) in [6, 6.07) is 8.80. The lowest BCUT2D eigenvalue weighted by atomic mass is 10.0. The van der Waals surface area contributed by atoms with Crippen molar-refractivity contribution in [1.82, 2.24) is 5.32 Å². The quantitative estimate of drug-likeness (QED) is 0.885. The van der Waals surface area contributed by atoms with Gasteiger partial charge in [-0.3, -0.25) is 0 Å². The highest BCUT2D eigenvalue weighted by atomic mass is 79.9. The van der Waals surface area contributed by atoms with Gasteiger partial charge in [0.25, 0.3) is 0 Å². The zero-order valence-corrected chi connectivity index (χ0v) is 14.1. The van der Waals surface area contributed by atoms with Crippen LogP contribution in [0, 0.1) is 0 Å². The molecule has 3 rings (SSSR count). The van der Waals surface area contributed by atoms with Crippen LogP contribution in [0.15, 0.2) is 28.7 Å². The molecule has 106 valence electrons. The molecule has 0 saturated carbocycles. The highest BCUT2D eigenvalue weighted by Crippen LogP contribution is 2.38. The summed E-state index contributed by atoms with van der Waals surface area (Å²) < 4.78 is 6.36. The Bertz CT molecular complexity index is 601. The Labute approximate surface area is 132 Å². The minimum Gasteiger partial charge on any atom is -0.497 e. The Morgan fingerprint density at radius 3 is 2.80 bits per heavy atom. The number of methoxy groups -OCH3 is 1. The van der Waals surface area contributed by atoms with Crippen molar-refractivity contribution in [3.63, 3.8) is 0 Å². The Morgan fingerprint density at radius 1 is 1.30 bits per heavy atom. The van der Waals surface area contributed by atoms with Crippen molar-refractivity contribution in [2.75, 3.05) is 14.2 Å². The number of thiophene rings is 1. The van der Waals surface area contributed by atoms with Gasteiger partial charge in [-0.2, -0.15) is 0 Å². The molecule has 4 heteroatoms. The molecule has 0 bridgehead atoms. The van der Waals surface area contributed by atoms with Crippen molar-refractivity contribution in [2.24, 2.45) is 0 Å². The maximum Gasteiger partial charge on any atom is 0.120 e. The van der Waals surface area contributed by atoms with Crippen molar-refractivity contribution in [1.29, 1.82) is 0 Å². The van der Waals surface area contributed by atoms with Crippen molar-refractivity contribution in [3.05, 3.63) is 49.6 Å². The molecule has 2 aromatic rings. The van der Waals surface area contributed by atoms with Gasteiger partial charge in [0.1, 0.15) is 5.75 Å². The van der Waals surface area contributed by atoms with Gasteiger partial charge in [0, 0.05) is 14.2 Å². The standard InChI is InChI=1S/C16H18BrNOS/c1-18-16(12-7-6-11(19-2)9-13(12)17)15-8-10-4-3-5-14(10)20-15/h6-9,16,18H,3-5H2,1-2H3. The van der Waals surface area contributed by atoms with E-state index in [1.54, 1.807) is 17.6 Å². The average molecular weight is 352 g/mol. The summed E-state index contributed by atoms with van der Waals surface area (Å²) in [6.45, 7) is 0. The van der Waals surface area contributed by atoms with Crippen LogP contribution in [-0.4, -0.2) is 14.2 Å². The maximum absolute atomic E-state index is 5.27. The fraction of sp³-hybridized carbons (Fsp3) is 0.375. The van der Waals surface area contributed by atoms with E-state index in [9.17, 15) is 0 Å². The minimum atomic E-state index is 0.242. The van der Waals surface area contributed by atoms with Crippen LogP contribution in [0.3, 0.4) is 0 Å². The van der Waals surface area contributed by atoms with Gasteiger partial charge in [-0.25, -0.2) is 0 Å². The van der Waals surface area contributed by atoms with Gasteiger partial charge in [-0.15, -0.1) is 11.3 Å². The molecule has 0 amide bonds. The molecular weight excluding hydrogens is 334 g/mol. The Hall–Kier alpha value is -0.840. The zero-order valence-electron chi connectivity index (χ0n) is 11.7. The number of halogens is 1. The molecule has 1 heterocycles. The number of nitrogens with one attached hydrogen (secondary N) is 1. The predicted molar refractivity (Wildman–Crippen MR) is 87.9 cm³/mol. The molecule has 1 atom stereocenters. The van der Waals surface area contributed by atoms with E-state index in [2.05, 4.69) is 33.4 Å². The predicted octanol–water partition coefficient (Wildman–Crippen LogP) is 4.32. The molecule has 0 saturated heterocycles. The van der Waals surface area contributed by atoms with Crippen LogP contribution in [0.1, 0.15) is 33.3 Å². The normalized spacial score (nSPS) is 15.2. The van der Waals surface area contributed by atoms with Crippen LogP contribution in [0.5, 0.6) is 5.75 Å². The Kier molecular flexibility index (Phi) is 4.15. The third-order valence-corrected chi connectivity index (χ3v) is 5.85. The van der Waals surface area contributed by atoms with Gasteiger partial charge in [0.15, 0.2) is 0 Å². The fourth-order valence-corrected chi connectivity index (χ4v) is 4.79. The van der Waals surface area contributed by atoms with Crippen LogP contribution >= 0.6 is 27.3 Å². The summed E-state index contributed by atoms with van der Waals surface area (Å²) in [5.41, 5.74) is 2.81. The lowest BCUT2D eigenvalue weighted by Gasteiger charge is -2.17. The second-order valence-corrected chi connectivity index (χ2v) is 7.08. The zero-order chi connectivity index (χ0) is 14.1. The summed E-state index contributed by atoms with van der Waals surface area (Å²) in [6.07, 6.45) is 3.81. The van der Waals surface area contributed by atoms with Crippen LogP contribution in [0.4, 0.5) is 0 Å². The number of ether oxygens (including phenoxy) is 1. The first-order valence-electron chi connectivity index (χ1n) is 6.85. The smallest absolute Gasteiger partial charge is 0.120 e. The second-order valence-electron chi connectivity index (χ2n) is 5.06. The fourth-order valence-electron chi connectivity index (χ4n) is 2.81. The Morgan fingerprint density at radius 2 is 2.15 bits per heavy atom. The summed E-state index contributed by atoms with van der Waals surface area (Å²) in [5, 5.41) is 3.44. The number of aryl methyl sites for hydroxylation is 2. The van der Waals surface area contributed by atoms with Gasteiger partial charge in [-0.1, -0.05) is 22.0 Å². The molecule has 1 unspecified atom stereocenters. The third-order valence-electron chi connectivity index (χ3n) is 3.86. The summed E-state index contributed by atoms with van der Waals surface area (Å²) in [7, 11) is 3.72. The van der Waals surface area contributed by atoms with Crippen molar-refractivity contribution < 1.29 is 4.74 Å². The molecule has 1 aromatic carbocycles. The molecule has 1 aliphatic rings. The lowest BCUT2D eigenvalue weighted by molar-refractivity contribution is 0.414. The van der Waals surface area contributed by atoms with Crippen LogP contribution in [0.2, 0.25) is 0 Å². The number of fused-ring (bicyclic) bond motifs is 1. The SMILES string of the molecule is CNC(c1cc2c(s1)CCC2)c1ccc(OC)cc1Br. The Balaban J connectivity index is 1.96. The van der Waals surface area contributed by atoms with Gasteiger partial charge in [0.2, 0.25) is 0 Å². The first-order valence-corrected chi connectivity index (χ1v) is 8.46. The van der Waals surface area contributed by atoms with Gasteiger partial charge in [-0.05, 0) is 55.6 Å². The van der Waals surface area contributed by atoms with Gasteiger partial charge in [0.05, 0.1) is 13.2 Å². The molecule has 0 fully saturated rings. The van der Waals surface area contributed by atoms with E-state index >= 15 is 0 Å². The topological polar surface area (TPSA) is 21.3 Å². The van der Waals surface area contributed by atoms with E-state index in [1.165, 1.54) is 29.7 Å². The minimum absolute atomic E-state index is 0.242. The molecular formula is C16H18BrNOS. The molecule has 2 nitrogen and oxygen atoms in total. The highest BCUT2D eigenvalue weighted by Gasteiger charge is 2.22. The molecule has 0 radical (unpaired) electrons. The van der Waals surface area contributed by atoms with E-state index in [1.807, 2.05) is 30.5 Å². The molecule has 0 spiro atoms. The first-order chi connectivity index (χ1) is 9.72. The molecule has 1 N–H and O–H groups in total. The first kappa shape index (κ1) is 14.1. The van der Waals surface area contributed by atoms with Gasteiger partial charge < -0.3 is 10.1 Å². The second kappa shape index (κ2) is 5.88. The molecule has 0 aliphatic heterocycles. The summed E-state index contributed by atoms with van der Waals surface area (Å²) >= 11 is 5.62. The summed E-state index contributed by atoms with van der Waals surface area (Å²) in [4.78, 5) is 2.98. The number of rotatable bonds is 4. The van der Waals surface area contributed by atoms with E-state index in [-0.39, 0.29) is 6.04 Å². The van der Waals surface area contributed by atoms with E-state index in [0.29, 0.717) is 0 Å². The number of hydrogen-bond acceptors (Lipinski definition) is 3. The number of benzene rings is 1. The van der Waals surface area contributed by atoms with Crippen LogP contribution < -0.4 is 10.1 Å². The van der Waals surface area contributed by atoms with Crippen LogP contribution in [0.25, 0.3) is 0 Å². The monoisotopic (exact) mass is 351 g/mol. The maximum atomic E-state index is 5.27. The number of hydrogen-bond donors (Lipinski definition) is 1. The molecule has 1 aliphatic carbocycles. The van der Waals surface area contributed by atoms with E-state index in [0.717, 1.165) is 10.2 Å². The van der Waals surface area contributed by atoms with Crippen LogP contribution in [-0.2, 0) is 12.8 Å². The average Bonchev–Trinajstić information content (AvgIpc) is 3.02. The third kappa shape index (κ3) is 2.52. The van der Waals surface area contributed by atoms with E-state index in [4.69, 9.17) is 4.74 Å². The highest BCUT2D eigenvalue weighted by molar-refractivity contribution is 9.10.